The minimum atomic E-state index is -3.31. The Bertz CT molecular complexity index is 698. The van der Waals surface area contributed by atoms with Gasteiger partial charge in [0.25, 0.3) is 5.91 Å². The summed E-state index contributed by atoms with van der Waals surface area (Å²) in [6.45, 7) is 1.58. The zero-order valence-electron chi connectivity index (χ0n) is 13.8. The van der Waals surface area contributed by atoms with Crippen molar-refractivity contribution in [2.24, 2.45) is 0 Å². The fourth-order valence-electron chi connectivity index (χ4n) is 3.16. The van der Waals surface area contributed by atoms with E-state index in [2.05, 4.69) is 10.6 Å². The van der Waals surface area contributed by atoms with Crippen molar-refractivity contribution in [2.75, 3.05) is 19.5 Å². The van der Waals surface area contributed by atoms with Crippen LogP contribution in [-0.2, 0) is 14.6 Å². The Morgan fingerprint density at radius 3 is 2.46 bits per heavy atom. The van der Waals surface area contributed by atoms with Crippen molar-refractivity contribution in [3.8, 4) is 0 Å². The molecule has 0 radical (unpaired) electrons. The number of carbonyl (C=O) groups is 1. The van der Waals surface area contributed by atoms with Crippen LogP contribution in [0.3, 0.4) is 0 Å². The highest BCUT2D eigenvalue weighted by atomic mass is 32.2. The Balaban J connectivity index is 1.58. The third-order valence-electron chi connectivity index (χ3n) is 4.79. The molecule has 6 nitrogen and oxygen atoms in total. The minimum Gasteiger partial charge on any atom is -0.381 e. The van der Waals surface area contributed by atoms with Gasteiger partial charge < -0.3 is 15.4 Å². The molecule has 1 aromatic carbocycles. The average molecular weight is 352 g/mol. The Kier molecular flexibility index (Phi) is 5.22. The maximum Gasteiger partial charge on any atom is 0.251 e. The number of hydrogen-bond acceptors (Lipinski definition) is 5. The molecule has 0 unspecified atom stereocenters. The van der Waals surface area contributed by atoms with Gasteiger partial charge in [0.15, 0.2) is 9.84 Å². The first-order chi connectivity index (χ1) is 11.4. The third-order valence-corrected chi connectivity index (χ3v) is 5.90. The lowest BCUT2D eigenvalue weighted by atomic mass is 9.85. The van der Waals surface area contributed by atoms with Gasteiger partial charge in [-0.3, -0.25) is 4.79 Å². The summed E-state index contributed by atoms with van der Waals surface area (Å²) in [4.78, 5) is 12.6. The first kappa shape index (κ1) is 17.4. The highest BCUT2D eigenvalue weighted by Gasteiger charge is 2.34. The topological polar surface area (TPSA) is 84.5 Å². The Hall–Kier alpha value is -1.44. The molecule has 2 aliphatic rings. The highest BCUT2D eigenvalue weighted by molar-refractivity contribution is 7.90. The van der Waals surface area contributed by atoms with Crippen LogP contribution in [0.1, 0.15) is 36.0 Å². The normalized spacial score (nSPS) is 25.0. The monoisotopic (exact) mass is 352 g/mol. The summed E-state index contributed by atoms with van der Waals surface area (Å²) in [6, 6.07) is 7.03. The lowest BCUT2D eigenvalue weighted by Gasteiger charge is -2.41. The second-order valence-corrected chi connectivity index (χ2v) is 8.63. The Labute approximate surface area is 142 Å². The van der Waals surface area contributed by atoms with Crippen molar-refractivity contribution in [3.63, 3.8) is 0 Å². The van der Waals surface area contributed by atoms with Gasteiger partial charge in [-0.1, -0.05) is 6.07 Å². The summed E-state index contributed by atoms with van der Waals surface area (Å²) in [7, 11) is -3.31. The van der Waals surface area contributed by atoms with Crippen LogP contribution in [0.2, 0.25) is 0 Å². The molecule has 2 N–H and O–H groups in total. The predicted molar refractivity (Wildman–Crippen MR) is 90.8 cm³/mol. The SMILES string of the molecule is CS(=O)(=O)c1cccc(C(=O)N[C@@H]2CC[C@@H]2NC2CCOCC2)c1. The summed E-state index contributed by atoms with van der Waals surface area (Å²) in [5, 5.41) is 6.63. The van der Waals surface area contributed by atoms with E-state index in [9.17, 15) is 13.2 Å². The second kappa shape index (κ2) is 7.21. The fourth-order valence-corrected chi connectivity index (χ4v) is 3.83. The van der Waals surface area contributed by atoms with Gasteiger partial charge in [0, 0.05) is 43.2 Å². The Morgan fingerprint density at radius 2 is 1.83 bits per heavy atom. The van der Waals surface area contributed by atoms with E-state index >= 15 is 0 Å². The van der Waals surface area contributed by atoms with Gasteiger partial charge in [-0.05, 0) is 43.9 Å². The van der Waals surface area contributed by atoms with Gasteiger partial charge >= 0.3 is 0 Å². The van der Waals surface area contributed by atoms with E-state index in [1.165, 1.54) is 12.1 Å². The molecule has 0 spiro atoms. The van der Waals surface area contributed by atoms with Crippen LogP contribution < -0.4 is 10.6 Å². The van der Waals surface area contributed by atoms with Crippen molar-refractivity contribution < 1.29 is 17.9 Å². The first-order valence-corrected chi connectivity index (χ1v) is 10.3. The molecule has 2 fully saturated rings. The van der Waals surface area contributed by atoms with Crippen molar-refractivity contribution in [2.45, 2.75) is 48.7 Å². The summed E-state index contributed by atoms with van der Waals surface area (Å²) in [5.74, 6) is -0.219. The Morgan fingerprint density at radius 1 is 1.12 bits per heavy atom. The highest BCUT2D eigenvalue weighted by Crippen LogP contribution is 2.23. The van der Waals surface area contributed by atoms with Crippen molar-refractivity contribution in [3.05, 3.63) is 29.8 Å². The molecule has 1 saturated heterocycles. The average Bonchev–Trinajstić information content (AvgIpc) is 2.57. The van der Waals surface area contributed by atoms with Gasteiger partial charge in [0.2, 0.25) is 0 Å². The van der Waals surface area contributed by atoms with Gasteiger partial charge in [-0.15, -0.1) is 0 Å². The van der Waals surface area contributed by atoms with Crippen LogP contribution in [0.25, 0.3) is 0 Å². The molecule has 24 heavy (non-hydrogen) atoms. The molecule has 1 aliphatic carbocycles. The number of hydrogen-bond donors (Lipinski definition) is 2. The van der Waals surface area contributed by atoms with Gasteiger partial charge in [0.05, 0.1) is 4.90 Å². The quantitative estimate of drug-likeness (QED) is 0.830. The molecule has 1 aromatic rings. The molecule has 0 aromatic heterocycles. The summed E-state index contributed by atoms with van der Waals surface area (Å²) >= 11 is 0. The number of carbonyl (C=O) groups excluding carboxylic acids is 1. The minimum absolute atomic E-state index is 0.0993. The zero-order chi connectivity index (χ0) is 17.2. The molecular formula is C17H24N2O4S. The number of ether oxygens (including phenoxy) is 1. The zero-order valence-corrected chi connectivity index (χ0v) is 14.6. The lowest BCUT2D eigenvalue weighted by molar-refractivity contribution is 0.0652. The summed E-state index contributed by atoms with van der Waals surface area (Å²) in [5.41, 5.74) is 0.384. The van der Waals surface area contributed by atoms with E-state index in [1.54, 1.807) is 12.1 Å². The molecule has 1 saturated carbocycles. The van der Waals surface area contributed by atoms with Gasteiger partial charge in [-0.25, -0.2) is 8.42 Å². The van der Waals surface area contributed by atoms with E-state index in [0.29, 0.717) is 11.6 Å². The smallest absolute Gasteiger partial charge is 0.251 e. The number of amides is 1. The molecule has 132 valence electrons. The fraction of sp³-hybridized carbons (Fsp3) is 0.588. The lowest BCUT2D eigenvalue weighted by Crippen LogP contribution is -2.59. The van der Waals surface area contributed by atoms with Gasteiger partial charge in [0.1, 0.15) is 0 Å². The van der Waals surface area contributed by atoms with Crippen LogP contribution >= 0.6 is 0 Å². The molecule has 1 amide bonds. The van der Waals surface area contributed by atoms with Crippen LogP contribution in [0.4, 0.5) is 0 Å². The maximum absolute atomic E-state index is 12.4. The molecule has 1 heterocycles. The maximum atomic E-state index is 12.4. The van der Waals surface area contributed by atoms with E-state index in [1.807, 2.05) is 0 Å². The van der Waals surface area contributed by atoms with Crippen molar-refractivity contribution in [1.82, 2.24) is 10.6 Å². The van der Waals surface area contributed by atoms with Gasteiger partial charge in [-0.2, -0.15) is 0 Å². The number of sulfone groups is 1. The number of nitrogens with one attached hydrogen (secondary N) is 2. The number of benzene rings is 1. The summed E-state index contributed by atoms with van der Waals surface area (Å²) in [6.07, 6.45) is 5.15. The first-order valence-electron chi connectivity index (χ1n) is 8.38. The van der Waals surface area contributed by atoms with E-state index in [4.69, 9.17) is 4.74 Å². The third kappa shape index (κ3) is 4.15. The van der Waals surface area contributed by atoms with E-state index in [-0.39, 0.29) is 22.9 Å². The standard InChI is InChI=1S/C17H24N2O4S/c1-24(21,22)14-4-2-3-12(11-14)17(20)19-16-6-5-15(16)18-13-7-9-23-10-8-13/h2-4,11,13,15-16,18H,5-10H2,1H3,(H,19,20)/t15-,16+/m0/s1. The van der Waals surface area contributed by atoms with Crippen LogP contribution in [0, 0.1) is 0 Å². The molecule has 0 bridgehead atoms. The molecule has 7 heteroatoms. The molecule has 2 atom stereocenters. The molecular weight excluding hydrogens is 328 g/mol. The largest absolute Gasteiger partial charge is 0.381 e. The predicted octanol–water partition coefficient (Wildman–Crippen LogP) is 1.12. The van der Waals surface area contributed by atoms with Crippen molar-refractivity contribution in [1.29, 1.82) is 0 Å². The van der Waals surface area contributed by atoms with Crippen LogP contribution in [-0.4, -0.2) is 51.9 Å². The van der Waals surface area contributed by atoms with Crippen LogP contribution in [0.15, 0.2) is 29.2 Å². The molecule has 1 aliphatic heterocycles. The van der Waals surface area contributed by atoms with Crippen molar-refractivity contribution >= 4 is 15.7 Å². The number of rotatable bonds is 5. The van der Waals surface area contributed by atoms with E-state index in [0.717, 1.165) is 45.2 Å². The van der Waals surface area contributed by atoms with E-state index < -0.39 is 9.84 Å². The second-order valence-electron chi connectivity index (χ2n) is 6.62. The summed E-state index contributed by atoms with van der Waals surface area (Å²) < 4.78 is 28.6. The van der Waals surface area contributed by atoms with Crippen LogP contribution in [0.5, 0.6) is 0 Å². The molecule has 3 rings (SSSR count).